The van der Waals surface area contributed by atoms with Gasteiger partial charge in [0.1, 0.15) is 5.69 Å². The van der Waals surface area contributed by atoms with Crippen molar-refractivity contribution in [3.63, 3.8) is 0 Å². The van der Waals surface area contributed by atoms with Gasteiger partial charge in [-0.25, -0.2) is 13.8 Å². The van der Waals surface area contributed by atoms with E-state index < -0.39 is 6.43 Å². The monoisotopic (exact) mass is 295 g/mol. The lowest BCUT2D eigenvalue weighted by Gasteiger charge is -2.13. The number of alkyl halides is 2. The summed E-state index contributed by atoms with van der Waals surface area (Å²) in [5.74, 6) is 0. The van der Waals surface area contributed by atoms with E-state index in [1.807, 2.05) is 66.7 Å². The summed E-state index contributed by atoms with van der Waals surface area (Å²) in [5, 5.41) is 0. The van der Waals surface area contributed by atoms with Crippen LogP contribution in [0.25, 0.3) is 22.4 Å². The molecular weight excluding hydrogens is 280 g/mol. The minimum atomic E-state index is -2.59. The number of halogens is 2. The highest BCUT2D eigenvalue weighted by Crippen LogP contribution is 2.33. The predicted molar refractivity (Wildman–Crippen MR) is 84.8 cm³/mol. The van der Waals surface area contributed by atoms with Gasteiger partial charge in [-0.2, -0.15) is 0 Å². The van der Waals surface area contributed by atoms with Crippen molar-refractivity contribution in [3.05, 3.63) is 78.0 Å². The molecule has 0 spiro atoms. The molecule has 0 N–H and O–H groups in total. The molecule has 2 aromatic carbocycles. The smallest absolute Gasteiger partial charge is 0.246 e. The van der Waals surface area contributed by atoms with Crippen LogP contribution in [0.2, 0.25) is 0 Å². The Morgan fingerprint density at radius 2 is 1.36 bits per heavy atom. The molecule has 3 heteroatoms. The van der Waals surface area contributed by atoms with E-state index in [4.69, 9.17) is 0 Å². The number of rotatable bonds is 3. The highest BCUT2D eigenvalue weighted by molar-refractivity contribution is 5.74. The summed E-state index contributed by atoms with van der Waals surface area (Å²) in [5.41, 5.74) is 3.49. The van der Waals surface area contributed by atoms with Crippen molar-refractivity contribution in [3.8, 4) is 22.4 Å². The van der Waals surface area contributed by atoms with Crippen LogP contribution in [0.4, 0.5) is 8.78 Å². The summed E-state index contributed by atoms with van der Waals surface area (Å²) in [6.07, 6.45) is -2.59. The largest absolute Gasteiger partial charge is 0.280 e. The summed E-state index contributed by atoms with van der Waals surface area (Å²) >= 11 is 0. The molecule has 1 aromatic heterocycles. The van der Waals surface area contributed by atoms with Gasteiger partial charge in [-0.15, -0.1) is 0 Å². The van der Waals surface area contributed by atoms with Crippen molar-refractivity contribution in [1.29, 1.82) is 0 Å². The van der Waals surface area contributed by atoms with Crippen LogP contribution in [-0.4, -0.2) is 4.98 Å². The van der Waals surface area contributed by atoms with E-state index in [1.54, 1.807) is 6.92 Å². The fourth-order valence-corrected chi connectivity index (χ4v) is 2.52. The van der Waals surface area contributed by atoms with Crippen LogP contribution in [0.3, 0.4) is 0 Å². The number of pyridine rings is 1. The predicted octanol–water partition coefficient (Wildman–Crippen LogP) is 5.66. The Kier molecular flexibility index (Phi) is 3.96. The third-order valence-electron chi connectivity index (χ3n) is 3.67. The molecular formula is C19H15F2N. The molecule has 0 saturated heterocycles. The van der Waals surface area contributed by atoms with E-state index >= 15 is 0 Å². The molecule has 0 aliphatic rings. The van der Waals surface area contributed by atoms with Gasteiger partial charge >= 0.3 is 0 Å². The normalized spacial score (nSPS) is 10.9. The summed E-state index contributed by atoms with van der Waals surface area (Å²) in [7, 11) is 0. The molecule has 0 aliphatic carbocycles. The minimum absolute atomic E-state index is 0.153. The van der Waals surface area contributed by atoms with Crippen LogP contribution < -0.4 is 0 Å². The molecule has 22 heavy (non-hydrogen) atoms. The number of hydrogen-bond acceptors (Lipinski definition) is 1. The Morgan fingerprint density at radius 3 is 1.91 bits per heavy atom. The molecule has 110 valence electrons. The molecule has 0 fully saturated rings. The van der Waals surface area contributed by atoms with Crippen LogP contribution in [0.5, 0.6) is 0 Å². The van der Waals surface area contributed by atoms with Gasteiger partial charge in [0.25, 0.3) is 6.43 Å². The molecule has 0 saturated carbocycles. The van der Waals surface area contributed by atoms with E-state index in [-0.39, 0.29) is 5.69 Å². The first-order valence-electron chi connectivity index (χ1n) is 7.07. The van der Waals surface area contributed by atoms with E-state index in [1.165, 1.54) is 0 Å². The third kappa shape index (κ3) is 2.75. The molecule has 3 rings (SSSR count). The quantitative estimate of drug-likeness (QED) is 0.607. The highest BCUT2D eigenvalue weighted by Gasteiger charge is 2.18. The van der Waals surface area contributed by atoms with Gasteiger partial charge < -0.3 is 0 Å². The molecule has 1 heterocycles. The molecule has 3 aromatic rings. The first-order valence-corrected chi connectivity index (χ1v) is 7.07. The highest BCUT2D eigenvalue weighted by atomic mass is 19.3. The third-order valence-corrected chi connectivity index (χ3v) is 3.67. The van der Waals surface area contributed by atoms with Gasteiger partial charge in [0, 0.05) is 5.56 Å². The van der Waals surface area contributed by atoms with Gasteiger partial charge in [0.15, 0.2) is 0 Å². The van der Waals surface area contributed by atoms with Gasteiger partial charge in [0.2, 0.25) is 0 Å². The van der Waals surface area contributed by atoms with Crippen molar-refractivity contribution in [2.45, 2.75) is 13.3 Å². The molecule has 0 atom stereocenters. The van der Waals surface area contributed by atoms with Crippen LogP contribution in [0.15, 0.2) is 66.7 Å². The fourth-order valence-electron chi connectivity index (χ4n) is 2.52. The zero-order valence-corrected chi connectivity index (χ0v) is 12.1. The van der Waals surface area contributed by atoms with E-state index in [2.05, 4.69) is 4.98 Å². The SMILES string of the molecule is Cc1c(-c2ccccc2)cc(-c2ccccc2)nc1C(F)F. The molecule has 0 radical (unpaired) electrons. The number of aromatic nitrogens is 1. The van der Waals surface area contributed by atoms with E-state index in [9.17, 15) is 8.78 Å². The lowest BCUT2D eigenvalue weighted by molar-refractivity contribution is 0.145. The Labute approximate surface area is 128 Å². The Bertz CT molecular complexity index is 768. The fraction of sp³-hybridized carbons (Fsp3) is 0.105. The number of hydrogen-bond donors (Lipinski definition) is 0. The first kappa shape index (κ1) is 14.4. The average Bonchev–Trinajstić information content (AvgIpc) is 2.56. The second kappa shape index (κ2) is 6.06. The maximum absolute atomic E-state index is 13.4. The summed E-state index contributed by atoms with van der Waals surface area (Å²) < 4.78 is 26.7. The summed E-state index contributed by atoms with van der Waals surface area (Å²) in [6, 6.07) is 20.8. The van der Waals surface area contributed by atoms with Crippen molar-refractivity contribution in [2.24, 2.45) is 0 Å². The minimum Gasteiger partial charge on any atom is -0.246 e. The summed E-state index contributed by atoms with van der Waals surface area (Å²) in [4.78, 5) is 4.18. The second-order valence-corrected chi connectivity index (χ2v) is 5.10. The summed E-state index contributed by atoms with van der Waals surface area (Å²) in [6.45, 7) is 1.70. The zero-order chi connectivity index (χ0) is 15.5. The number of benzene rings is 2. The first-order chi connectivity index (χ1) is 10.7. The molecule has 1 nitrogen and oxygen atoms in total. The van der Waals surface area contributed by atoms with E-state index in [0.29, 0.717) is 11.3 Å². The van der Waals surface area contributed by atoms with Crippen LogP contribution in [-0.2, 0) is 0 Å². The van der Waals surface area contributed by atoms with Crippen molar-refractivity contribution >= 4 is 0 Å². The lowest BCUT2D eigenvalue weighted by atomic mass is 9.97. The van der Waals surface area contributed by atoms with Crippen LogP contribution in [0, 0.1) is 6.92 Å². The Morgan fingerprint density at radius 1 is 0.818 bits per heavy atom. The van der Waals surface area contributed by atoms with E-state index in [0.717, 1.165) is 16.7 Å². The maximum Gasteiger partial charge on any atom is 0.280 e. The van der Waals surface area contributed by atoms with Crippen molar-refractivity contribution < 1.29 is 8.78 Å². The van der Waals surface area contributed by atoms with Gasteiger partial charge in [-0.1, -0.05) is 60.7 Å². The zero-order valence-electron chi connectivity index (χ0n) is 12.1. The Balaban J connectivity index is 2.24. The maximum atomic E-state index is 13.4. The van der Waals surface area contributed by atoms with Crippen molar-refractivity contribution in [2.75, 3.05) is 0 Å². The van der Waals surface area contributed by atoms with Crippen LogP contribution in [0.1, 0.15) is 17.7 Å². The average molecular weight is 295 g/mol. The standard InChI is InChI=1S/C19H15F2N/c1-13-16(14-8-4-2-5-9-14)12-17(22-18(13)19(20)21)15-10-6-3-7-11-15/h2-12,19H,1H3. The molecule has 0 unspecified atom stereocenters. The topological polar surface area (TPSA) is 12.9 Å². The Hall–Kier alpha value is -2.55. The second-order valence-electron chi connectivity index (χ2n) is 5.10. The van der Waals surface area contributed by atoms with Gasteiger partial charge in [0.05, 0.1) is 5.69 Å². The lowest BCUT2D eigenvalue weighted by Crippen LogP contribution is -2.00. The molecule has 0 aliphatic heterocycles. The van der Waals surface area contributed by atoms with Crippen LogP contribution >= 0.6 is 0 Å². The number of nitrogens with zero attached hydrogens (tertiary/aromatic N) is 1. The molecule has 0 amide bonds. The molecule has 0 bridgehead atoms. The van der Waals surface area contributed by atoms with Crippen molar-refractivity contribution in [1.82, 2.24) is 4.98 Å². The van der Waals surface area contributed by atoms with Gasteiger partial charge in [-0.3, -0.25) is 0 Å². The van der Waals surface area contributed by atoms with Gasteiger partial charge in [-0.05, 0) is 29.7 Å².